The molecule has 0 unspecified atom stereocenters. The molecule has 0 aromatic heterocycles. The predicted octanol–water partition coefficient (Wildman–Crippen LogP) is 9.13. The van der Waals surface area contributed by atoms with Crippen molar-refractivity contribution in [2.45, 2.75) is 0 Å². The molecule has 0 atom stereocenters. The summed E-state index contributed by atoms with van der Waals surface area (Å²) in [7, 11) is 0. The second-order valence-electron chi connectivity index (χ2n) is 8.33. The Morgan fingerprint density at radius 1 is 0.394 bits per heavy atom. The van der Waals surface area contributed by atoms with Gasteiger partial charge in [0.15, 0.2) is 0 Å². The number of benzene rings is 6. The fourth-order valence-corrected chi connectivity index (χ4v) is 4.76. The van der Waals surface area contributed by atoms with Gasteiger partial charge in [0.1, 0.15) is 5.82 Å². The van der Waals surface area contributed by atoms with Gasteiger partial charge in [0.25, 0.3) is 0 Å². The smallest absolute Gasteiger partial charge is 0.123 e. The summed E-state index contributed by atoms with van der Waals surface area (Å²) in [5, 5.41) is 4.74. The van der Waals surface area contributed by atoms with Crippen LogP contribution in [0.3, 0.4) is 0 Å². The summed E-state index contributed by atoms with van der Waals surface area (Å²) in [6.45, 7) is 0. The minimum absolute atomic E-state index is 0.228. The molecule has 0 bridgehead atoms. The maximum absolute atomic E-state index is 13.9. The second kappa shape index (κ2) is 8.03. The van der Waals surface area contributed by atoms with Crippen molar-refractivity contribution < 1.29 is 4.39 Å². The van der Waals surface area contributed by atoms with Crippen LogP contribution in [0.1, 0.15) is 0 Å². The molecule has 0 saturated heterocycles. The predicted molar refractivity (Wildman–Crippen MR) is 138 cm³/mol. The van der Waals surface area contributed by atoms with E-state index >= 15 is 0 Å². The van der Waals surface area contributed by atoms with Gasteiger partial charge in [-0.2, -0.15) is 0 Å². The van der Waals surface area contributed by atoms with Gasteiger partial charge in [0.05, 0.1) is 0 Å². The van der Waals surface area contributed by atoms with Crippen LogP contribution < -0.4 is 0 Å². The fourth-order valence-electron chi connectivity index (χ4n) is 4.76. The zero-order valence-electron chi connectivity index (χ0n) is 18.0. The zero-order chi connectivity index (χ0) is 22.2. The van der Waals surface area contributed by atoms with E-state index in [1.807, 2.05) is 24.3 Å². The third-order valence-corrected chi connectivity index (χ3v) is 6.29. The van der Waals surface area contributed by atoms with E-state index in [2.05, 4.69) is 91.0 Å². The van der Waals surface area contributed by atoms with Gasteiger partial charge in [-0.05, 0) is 85.3 Å². The van der Waals surface area contributed by atoms with E-state index in [4.69, 9.17) is 0 Å². The number of hydrogen-bond acceptors (Lipinski definition) is 0. The van der Waals surface area contributed by atoms with Gasteiger partial charge in [-0.15, -0.1) is 0 Å². The lowest BCUT2D eigenvalue weighted by Crippen LogP contribution is -1.93. The molecule has 0 saturated carbocycles. The molecule has 6 aromatic rings. The molecule has 0 N–H and O–H groups in total. The minimum Gasteiger partial charge on any atom is -0.207 e. The first kappa shape index (κ1) is 19.5. The maximum Gasteiger partial charge on any atom is 0.123 e. The average molecular weight is 425 g/mol. The molecule has 0 aliphatic carbocycles. The van der Waals surface area contributed by atoms with Crippen molar-refractivity contribution >= 4 is 21.5 Å². The molecular weight excluding hydrogens is 403 g/mol. The van der Waals surface area contributed by atoms with E-state index < -0.39 is 0 Å². The normalized spacial score (nSPS) is 11.2. The van der Waals surface area contributed by atoms with Crippen molar-refractivity contribution in [2.75, 3.05) is 0 Å². The number of halogens is 1. The Bertz CT molecular complexity index is 1580. The van der Waals surface area contributed by atoms with Gasteiger partial charge in [-0.3, -0.25) is 0 Å². The Balaban J connectivity index is 1.82. The molecule has 0 fully saturated rings. The van der Waals surface area contributed by atoms with Gasteiger partial charge in [0, 0.05) is 0 Å². The van der Waals surface area contributed by atoms with E-state index in [0.717, 1.165) is 27.8 Å². The van der Waals surface area contributed by atoms with E-state index in [-0.39, 0.29) is 5.82 Å². The Morgan fingerprint density at radius 2 is 0.939 bits per heavy atom. The lowest BCUT2D eigenvalue weighted by molar-refractivity contribution is 0.628. The van der Waals surface area contributed by atoms with Crippen molar-refractivity contribution in [3.05, 3.63) is 133 Å². The highest BCUT2D eigenvalue weighted by Gasteiger charge is 2.18. The highest BCUT2D eigenvalue weighted by Crippen LogP contribution is 2.45. The molecule has 156 valence electrons. The van der Waals surface area contributed by atoms with E-state index in [9.17, 15) is 4.39 Å². The summed E-state index contributed by atoms with van der Waals surface area (Å²) in [5.41, 5.74) is 6.78. The summed E-state index contributed by atoms with van der Waals surface area (Å²) < 4.78 is 13.9. The lowest BCUT2D eigenvalue weighted by atomic mass is 9.83. The van der Waals surface area contributed by atoms with Crippen molar-refractivity contribution in [3.63, 3.8) is 0 Å². The second-order valence-corrected chi connectivity index (χ2v) is 8.33. The van der Waals surface area contributed by atoms with Gasteiger partial charge in [-0.1, -0.05) is 97.1 Å². The van der Waals surface area contributed by atoms with Gasteiger partial charge < -0.3 is 0 Å². The highest BCUT2D eigenvalue weighted by molar-refractivity contribution is 6.13. The SMILES string of the molecule is Fc1ccc(-c2c(-c3ccccc3)c(-c3ccccc3)cc3cc4ccccc4cc23)cc1. The zero-order valence-corrected chi connectivity index (χ0v) is 18.0. The molecule has 0 aliphatic rings. The van der Waals surface area contributed by atoms with Crippen molar-refractivity contribution in [1.29, 1.82) is 0 Å². The Kier molecular flexibility index (Phi) is 4.74. The van der Waals surface area contributed by atoms with Crippen LogP contribution in [-0.2, 0) is 0 Å². The monoisotopic (exact) mass is 424 g/mol. The van der Waals surface area contributed by atoms with Crippen molar-refractivity contribution in [3.8, 4) is 33.4 Å². The summed E-state index contributed by atoms with van der Waals surface area (Å²) in [6, 6.07) is 43.2. The van der Waals surface area contributed by atoms with Crippen molar-refractivity contribution in [2.24, 2.45) is 0 Å². The van der Waals surface area contributed by atoms with Gasteiger partial charge in [0.2, 0.25) is 0 Å². The summed E-state index contributed by atoms with van der Waals surface area (Å²) >= 11 is 0. The van der Waals surface area contributed by atoms with Crippen LogP contribution in [-0.4, -0.2) is 0 Å². The molecule has 0 spiro atoms. The number of rotatable bonds is 3. The quantitative estimate of drug-likeness (QED) is 0.248. The summed E-state index contributed by atoms with van der Waals surface area (Å²) in [4.78, 5) is 0. The summed E-state index contributed by atoms with van der Waals surface area (Å²) in [5.74, 6) is -0.228. The fraction of sp³-hybridized carbons (Fsp3) is 0. The van der Waals surface area contributed by atoms with Crippen LogP contribution in [0.2, 0.25) is 0 Å². The van der Waals surface area contributed by atoms with Gasteiger partial charge in [-0.25, -0.2) is 4.39 Å². The Labute approximate surface area is 192 Å². The lowest BCUT2D eigenvalue weighted by Gasteiger charge is -2.20. The first-order chi connectivity index (χ1) is 16.3. The van der Waals surface area contributed by atoms with Crippen LogP contribution in [0.4, 0.5) is 4.39 Å². The summed E-state index contributed by atoms with van der Waals surface area (Å²) in [6.07, 6.45) is 0. The molecular formula is C32H21F. The number of hydrogen-bond donors (Lipinski definition) is 0. The molecule has 0 amide bonds. The molecule has 0 nitrogen and oxygen atoms in total. The largest absolute Gasteiger partial charge is 0.207 e. The molecule has 6 aromatic carbocycles. The highest BCUT2D eigenvalue weighted by atomic mass is 19.1. The molecule has 0 aliphatic heterocycles. The first-order valence-corrected chi connectivity index (χ1v) is 11.1. The molecule has 1 heteroatoms. The first-order valence-electron chi connectivity index (χ1n) is 11.1. The molecule has 0 radical (unpaired) electrons. The molecule has 33 heavy (non-hydrogen) atoms. The Morgan fingerprint density at radius 3 is 1.61 bits per heavy atom. The Hall–Kier alpha value is -4.23. The average Bonchev–Trinajstić information content (AvgIpc) is 2.88. The van der Waals surface area contributed by atoms with Gasteiger partial charge >= 0.3 is 0 Å². The van der Waals surface area contributed by atoms with E-state index in [0.29, 0.717) is 0 Å². The minimum atomic E-state index is -0.228. The van der Waals surface area contributed by atoms with Crippen LogP contribution in [0.5, 0.6) is 0 Å². The molecule has 0 heterocycles. The standard InChI is InChI=1S/C32H21F/c33-28-17-15-24(16-18-28)32-30-20-26-14-8-7-13-25(26)19-27(30)21-29(22-9-3-1-4-10-22)31(32)23-11-5-2-6-12-23/h1-21H. The van der Waals surface area contributed by atoms with E-state index in [1.54, 1.807) is 12.1 Å². The third-order valence-electron chi connectivity index (χ3n) is 6.29. The van der Waals surface area contributed by atoms with Crippen molar-refractivity contribution in [1.82, 2.24) is 0 Å². The molecule has 6 rings (SSSR count). The number of fused-ring (bicyclic) bond motifs is 2. The van der Waals surface area contributed by atoms with Crippen LogP contribution in [0.15, 0.2) is 127 Å². The van der Waals surface area contributed by atoms with E-state index in [1.165, 1.54) is 27.1 Å². The maximum atomic E-state index is 13.9. The third kappa shape index (κ3) is 3.48. The van der Waals surface area contributed by atoms with Crippen LogP contribution >= 0.6 is 0 Å². The van der Waals surface area contributed by atoms with Crippen LogP contribution in [0, 0.1) is 5.82 Å². The van der Waals surface area contributed by atoms with Crippen LogP contribution in [0.25, 0.3) is 54.9 Å². The topological polar surface area (TPSA) is 0 Å².